The van der Waals surface area contributed by atoms with Gasteiger partial charge in [0.1, 0.15) is 5.75 Å². The van der Waals surface area contributed by atoms with Gasteiger partial charge >= 0.3 is 5.97 Å². The molecule has 1 fully saturated rings. The fourth-order valence-electron chi connectivity index (χ4n) is 1.91. The molecule has 3 nitrogen and oxygen atoms in total. The first-order chi connectivity index (χ1) is 7.66. The molecule has 16 heavy (non-hydrogen) atoms. The Hall–Kier alpha value is -1.51. The van der Waals surface area contributed by atoms with Crippen LogP contribution in [0.2, 0.25) is 0 Å². The molecule has 0 amide bonds. The first-order valence-electron chi connectivity index (χ1n) is 5.62. The number of esters is 1. The van der Waals surface area contributed by atoms with Crippen LogP contribution in [0.5, 0.6) is 5.75 Å². The Morgan fingerprint density at radius 3 is 2.88 bits per heavy atom. The van der Waals surface area contributed by atoms with Crippen molar-refractivity contribution in [3.05, 3.63) is 29.3 Å². The molecule has 2 rings (SSSR count). The van der Waals surface area contributed by atoms with E-state index in [4.69, 9.17) is 4.74 Å². The van der Waals surface area contributed by atoms with Crippen molar-refractivity contribution < 1.29 is 14.6 Å². The number of phenolic OH excluding ortho intramolecular Hbond substituents is 1. The van der Waals surface area contributed by atoms with Gasteiger partial charge < -0.3 is 9.84 Å². The van der Waals surface area contributed by atoms with E-state index < -0.39 is 0 Å². The lowest BCUT2D eigenvalue weighted by atomic mass is 10.0. The highest BCUT2D eigenvalue weighted by Crippen LogP contribution is 2.42. The van der Waals surface area contributed by atoms with E-state index in [1.165, 1.54) is 25.3 Å². The van der Waals surface area contributed by atoms with Crippen molar-refractivity contribution in [2.24, 2.45) is 0 Å². The second-order valence-corrected chi connectivity index (χ2v) is 4.25. The Morgan fingerprint density at radius 1 is 1.50 bits per heavy atom. The molecule has 0 aliphatic heterocycles. The van der Waals surface area contributed by atoms with Gasteiger partial charge in [-0.1, -0.05) is 6.07 Å². The van der Waals surface area contributed by atoms with Gasteiger partial charge in [0.15, 0.2) is 0 Å². The van der Waals surface area contributed by atoms with E-state index >= 15 is 0 Å². The van der Waals surface area contributed by atoms with E-state index in [-0.39, 0.29) is 11.7 Å². The number of aromatic hydroxyl groups is 1. The zero-order valence-electron chi connectivity index (χ0n) is 9.40. The minimum Gasteiger partial charge on any atom is -0.508 e. The fraction of sp³-hybridized carbons (Fsp3) is 0.462. The standard InChI is InChI=1S/C13H16O3/c1-9(14)16-7-6-11-8-12(15)4-5-13(11)10-2-3-10/h4-5,8,10,15H,2-3,6-7H2,1H3. The summed E-state index contributed by atoms with van der Waals surface area (Å²) < 4.78 is 4.92. The highest BCUT2D eigenvalue weighted by atomic mass is 16.5. The molecule has 0 saturated heterocycles. The van der Waals surface area contributed by atoms with Crippen molar-refractivity contribution in [2.45, 2.75) is 32.1 Å². The minimum atomic E-state index is -0.256. The van der Waals surface area contributed by atoms with Crippen LogP contribution in [0.25, 0.3) is 0 Å². The average Bonchev–Trinajstić information content (AvgIpc) is 3.01. The lowest BCUT2D eigenvalue weighted by Crippen LogP contribution is -2.04. The number of carbonyl (C=O) groups is 1. The molecule has 0 bridgehead atoms. The highest BCUT2D eigenvalue weighted by molar-refractivity contribution is 5.65. The topological polar surface area (TPSA) is 46.5 Å². The molecule has 1 N–H and O–H groups in total. The van der Waals surface area contributed by atoms with Crippen LogP contribution in [0, 0.1) is 0 Å². The van der Waals surface area contributed by atoms with Crippen LogP contribution in [0.3, 0.4) is 0 Å². The van der Waals surface area contributed by atoms with Crippen molar-refractivity contribution in [3.63, 3.8) is 0 Å². The van der Waals surface area contributed by atoms with E-state index in [0.29, 0.717) is 18.9 Å². The summed E-state index contributed by atoms with van der Waals surface area (Å²) in [6, 6.07) is 5.48. The van der Waals surface area contributed by atoms with Gasteiger partial charge in [-0.05, 0) is 42.0 Å². The van der Waals surface area contributed by atoms with Crippen LogP contribution in [0.1, 0.15) is 36.8 Å². The Bertz CT molecular complexity index is 394. The van der Waals surface area contributed by atoms with Gasteiger partial charge in [-0.3, -0.25) is 4.79 Å². The van der Waals surface area contributed by atoms with Gasteiger partial charge in [-0.25, -0.2) is 0 Å². The fourth-order valence-corrected chi connectivity index (χ4v) is 1.91. The Kier molecular flexibility index (Phi) is 3.13. The predicted molar refractivity (Wildman–Crippen MR) is 60.4 cm³/mol. The smallest absolute Gasteiger partial charge is 0.302 e. The molecule has 1 aliphatic carbocycles. The lowest BCUT2D eigenvalue weighted by molar-refractivity contribution is -0.140. The van der Waals surface area contributed by atoms with Crippen LogP contribution in [0.4, 0.5) is 0 Å². The average molecular weight is 220 g/mol. The Morgan fingerprint density at radius 2 is 2.25 bits per heavy atom. The third kappa shape index (κ3) is 2.75. The summed E-state index contributed by atoms with van der Waals surface area (Å²) >= 11 is 0. The summed E-state index contributed by atoms with van der Waals surface area (Å²) in [5, 5.41) is 9.44. The number of hydrogen-bond donors (Lipinski definition) is 1. The molecule has 1 aromatic carbocycles. The van der Waals surface area contributed by atoms with Gasteiger partial charge in [0.05, 0.1) is 6.61 Å². The van der Waals surface area contributed by atoms with Crippen molar-refractivity contribution in [1.29, 1.82) is 0 Å². The molecular formula is C13H16O3. The summed E-state index contributed by atoms with van der Waals surface area (Å²) in [5.41, 5.74) is 2.40. The maximum absolute atomic E-state index is 10.7. The van der Waals surface area contributed by atoms with E-state index in [0.717, 1.165) is 5.56 Å². The van der Waals surface area contributed by atoms with Crippen molar-refractivity contribution in [2.75, 3.05) is 6.61 Å². The summed E-state index contributed by atoms with van der Waals surface area (Å²) in [6.45, 7) is 1.79. The number of rotatable bonds is 4. The summed E-state index contributed by atoms with van der Waals surface area (Å²) in [6.07, 6.45) is 3.14. The zero-order valence-corrected chi connectivity index (χ0v) is 9.40. The molecule has 1 aromatic rings. The number of ether oxygens (including phenoxy) is 1. The summed E-state index contributed by atoms with van der Waals surface area (Å²) in [7, 11) is 0. The molecule has 1 saturated carbocycles. The first kappa shape index (κ1) is 11.0. The molecule has 0 atom stereocenters. The van der Waals surface area contributed by atoms with E-state index in [1.807, 2.05) is 6.07 Å². The first-order valence-corrected chi connectivity index (χ1v) is 5.62. The molecule has 3 heteroatoms. The third-order valence-electron chi connectivity index (χ3n) is 2.82. The van der Waals surface area contributed by atoms with Gasteiger partial charge in [-0.2, -0.15) is 0 Å². The van der Waals surface area contributed by atoms with Gasteiger partial charge in [0.25, 0.3) is 0 Å². The molecule has 86 valence electrons. The molecule has 0 aromatic heterocycles. The van der Waals surface area contributed by atoms with Crippen LogP contribution in [0.15, 0.2) is 18.2 Å². The van der Waals surface area contributed by atoms with Gasteiger partial charge in [0, 0.05) is 13.3 Å². The second-order valence-electron chi connectivity index (χ2n) is 4.25. The zero-order chi connectivity index (χ0) is 11.5. The SMILES string of the molecule is CC(=O)OCCc1cc(O)ccc1C1CC1. The quantitative estimate of drug-likeness (QED) is 0.792. The van der Waals surface area contributed by atoms with Crippen molar-refractivity contribution >= 4 is 5.97 Å². The van der Waals surface area contributed by atoms with E-state index in [1.54, 1.807) is 12.1 Å². The van der Waals surface area contributed by atoms with Gasteiger partial charge in [-0.15, -0.1) is 0 Å². The third-order valence-corrected chi connectivity index (χ3v) is 2.82. The molecule has 0 unspecified atom stereocenters. The van der Waals surface area contributed by atoms with Crippen LogP contribution < -0.4 is 0 Å². The van der Waals surface area contributed by atoms with E-state index in [2.05, 4.69) is 0 Å². The second kappa shape index (κ2) is 4.56. The minimum absolute atomic E-state index is 0.256. The Labute approximate surface area is 95.0 Å². The van der Waals surface area contributed by atoms with Crippen molar-refractivity contribution in [3.8, 4) is 5.75 Å². The predicted octanol–water partition coefficient (Wildman–Crippen LogP) is 2.38. The number of benzene rings is 1. The molecule has 0 spiro atoms. The molecular weight excluding hydrogens is 204 g/mol. The maximum Gasteiger partial charge on any atom is 0.302 e. The molecule has 0 radical (unpaired) electrons. The normalized spacial score (nSPS) is 14.8. The van der Waals surface area contributed by atoms with Crippen LogP contribution >= 0.6 is 0 Å². The Balaban J connectivity index is 2.05. The maximum atomic E-state index is 10.7. The van der Waals surface area contributed by atoms with Gasteiger partial charge in [0.2, 0.25) is 0 Å². The summed E-state index contributed by atoms with van der Waals surface area (Å²) in [4.78, 5) is 10.7. The summed E-state index contributed by atoms with van der Waals surface area (Å²) in [5.74, 6) is 0.670. The largest absolute Gasteiger partial charge is 0.508 e. The van der Waals surface area contributed by atoms with E-state index in [9.17, 15) is 9.90 Å². The lowest BCUT2D eigenvalue weighted by Gasteiger charge is -2.09. The monoisotopic (exact) mass is 220 g/mol. The van der Waals surface area contributed by atoms with Crippen LogP contribution in [-0.2, 0) is 16.0 Å². The molecule has 0 heterocycles. The number of carbonyl (C=O) groups excluding carboxylic acids is 1. The number of phenols is 1. The highest BCUT2D eigenvalue weighted by Gasteiger charge is 2.25. The molecule has 1 aliphatic rings. The van der Waals surface area contributed by atoms with Crippen molar-refractivity contribution in [1.82, 2.24) is 0 Å². The number of hydrogen-bond acceptors (Lipinski definition) is 3. The van der Waals surface area contributed by atoms with Crippen LogP contribution in [-0.4, -0.2) is 17.7 Å².